The van der Waals surface area contributed by atoms with Gasteiger partial charge in [-0.2, -0.15) is 5.10 Å². The van der Waals surface area contributed by atoms with Gasteiger partial charge in [-0.15, -0.1) is 0 Å². The van der Waals surface area contributed by atoms with Crippen LogP contribution in [0.5, 0.6) is 0 Å². The Morgan fingerprint density at radius 1 is 1.19 bits per heavy atom. The van der Waals surface area contributed by atoms with Gasteiger partial charge in [-0.1, -0.05) is 0 Å². The Labute approximate surface area is 228 Å². The number of hydrogen-bond acceptors (Lipinski definition) is 8. The van der Waals surface area contributed by atoms with Crippen LogP contribution in [0.2, 0.25) is 0 Å². The van der Waals surface area contributed by atoms with Gasteiger partial charge in [-0.3, -0.25) is 0 Å². The van der Waals surface area contributed by atoms with Gasteiger partial charge in [0.05, 0.1) is 13.2 Å². The number of alkyl carbamates (subject to hydrolysis) is 1. The molecule has 1 amide bonds. The fourth-order valence-electron chi connectivity index (χ4n) is 4.95. The molecule has 2 aromatic rings. The van der Waals surface area contributed by atoms with E-state index < -0.39 is 15.6 Å². The van der Waals surface area contributed by atoms with E-state index in [9.17, 15) is 9.90 Å². The Bertz CT molecular complexity index is 1080. The van der Waals surface area contributed by atoms with Gasteiger partial charge in [0.1, 0.15) is 23.5 Å². The van der Waals surface area contributed by atoms with Crippen molar-refractivity contribution < 1.29 is 19.4 Å². The van der Waals surface area contributed by atoms with Crippen LogP contribution in [0.25, 0.3) is 11.2 Å². The second-order valence-corrected chi connectivity index (χ2v) is 17.2. The van der Waals surface area contributed by atoms with E-state index >= 15 is 0 Å². The molecule has 0 aliphatic carbocycles. The van der Waals surface area contributed by atoms with Gasteiger partial charge in [0.2, 0.25) is 0 Å². The third-order valence-electron chi connectivity index (χ3n) is 6.48. The number of anilines is 1. The van der Waals surface area contributed by atoms with Crippen LogP contribution in [-0.2, 0) is 22.8 Å². The molecule has 2 saturated heterocycles. The number of fused-ring (bicyclic) bond motifs is 3. The van der Waals surface area contributed by atoms with Crippen LogP contribution in [0.15, 0.2) is 0 Å². The van der Waals surface area contributed by atoms with Gasteiger partial charge in [0, 0.05) is 23.9 Å². The summed E-state index contributed by atoms with van der Waals surface area (Å²) < 4.78 is 13.9. The molecule has 2 aliphatic heterocycles. The Hall–Kier alpha value is -1.38. The number of nitrogens with zero attached hydrogens (tertiary/aromatic N) is 5. The number of halogens is 1. The van der Waals surface area contributed by atoms with Crippen LogP contribution >= 0.6 is 32.6 Å². The van der Waals surface area contributed by atoms with Crippen molar-refractivity contribution in [1.29, 1.82) is 0 Å². The van der Waals surface area contributed by atoms with Crippen LogP contribution in [-0.4, -0.2) is 85.8 Å². The highest BCUT2D eigenvalue weighted by atomic mass is 127. The minimum Gasteiger partial charge on any atom is -0.444 e. The molecule has 4 heterocycles. The lowest BCUT2D eigenvalue weighted by Crippen LogP contribution is -2.51. The van der Waals surface area contributed by atoms with Crippen molar-refractivity contribution in [2.45, 2.75) is 83.5 Å². The molecule has 4 rings (SSSR count). The molecule has 2 bridgehead atoms. The number of amides is 1. The van der Waals surface area contributed by atoms with Crippen molar-refractivity contribution in [2.24, 2.45) is 0 Å². The van der Waals surface area contributed by atoms with Gasteiger partial charge >= 0.3 is 6.09 Å². The van der Waals surface area contributed by atoms with Crippen LogP contribution in [0.4, 0.5) is 10.6 Å². The Morgan fingerprint density at radius 3 is 2.44 bits per heavy atom. The van der Waals surface area contributed by atoms with Crippen molar-refractivity contribution in [3.05, 3.63) is 9.39 Å². The fourth-order valence-corrected chi connectivity index (χ4v) is 6.19. The summed E-state index contributed by atoms with van der Waals surface area (Å²) in [6, 6.07) is 0.470. The summed E-state index contributed by atoms with van der Waals surface area (Å²) >= 11 is 2.16. The van der Waals surface area contributed by atoms with Gasteiger partial charge in [-0.05, 0) is 87.8 Å². The van der Waals surface area contributed by atoms with Gasteiger partial charge in [0.25, 0.3) is 0 Å². The third-order valence-corrected chi connectivity index (χ3v) is 8.60. The third kappa shape index (κ3) is 6.54. The quantitative estimate of drug-likeness (QED) is 0.335. The van der Waals surface area contributed by atoms with E-state index in [1.54, 1.807) is 4.68 Å². The molecule has 12 heteroatoms. The predicted molar refractivity (Wildman–Crippen MR) is 152 cm³/mol. The van der Waals surface area contributed by atoms with Crippen molar-refractivity contribution >= 4 is 55.7 Å². The maximum absolute atomic E-state index is 12.3. The highest BCUT2D eigenvalue weighted by Crippen LogP contribution is 2.40. The van der Waals surface area contributed by atoms with E-state index in [2.05, 4.69) is 56.7 Å². The molecule has 10 nitrogen and oxygen atoms in total. The zero-order chi connectivity index (χ0) is 26.3. The molecule has 0 aromatic carbocycles. The smallest absolute Gasteiger partial charge is 0.407 e. The molecule has 2 fully saturated rings. The molecule has 2 N–H and O–H groups in total. The molecule has 2 aromatic heterocycles. The molecule has 3 atom stereocenters. The monoisotopic (exact) mass is 634 g/mol. The van der Waals surface area contributed by atoms with Gasteiger partial charge in [-0.25, -0.2) is 29.5 Å². The minimum atomic E-state index is -0.625. The highest BCUT2D eigenvalue weighted by Gasteiger charge is 2.43. The average Bonchev–Trinajstić information content (AvgIpc) is 3.20. The van der Waals surface area contributed by atoms with Gasteiger partial charge in [0.15, 0.2) is 15.2 Å². The normalized spacial score (nSPS) is 22.8. The Kier molecular flexibility index (Phi) is 8.28. The van der Waals surface area contributed by atoms with E-state index in [1.807, 2.05) is 20.8 Å². The van der Waals surface area contributed by atoms with E-state index in [0.717, 1.165) is 35.1 Å². The standard InChI is InChI=1S/C24H39IN6O4S/c1-24(2,3)35-23(33)26-15-11-16-7-8-17(12-15)31(16)21-18(13-32)27-19-20(25)29-30(22(19)28-21)14-34-9-10-36(4,5)6/h15-17,32H,7-14H2,1-6H3,(H,26,33)/t15-,16-,17+. The summed E-state index contributed by atoms with van der Waals surface area (Å²) in [5.41, 5.74) is 1.39. The molecule has 0 saturated carbocycles. The van der Waals surface area contributed by atoms with E-state index in [4.69, 9.17) is 19.4 Å². The Balaban J connectivity index is 1.53. The van der Waals surface area contributed by atoms with Crippen LogP contribution in [0.3, 0.4) is 0 Å². The van der Waals surface area contributed by atoms with Gasteiger partial charge < -0.3 is 24.8 Å². The van der Waals surface area contributed by atoms with Crippen LogP contribution < -0.4 is 10.2 Å². The molecule has 202 valence electrons. The number of nitrogens with one attached hydrogen (secondary N) is 1. The summed E-state index contributed by atoms with van der Waals surface area (Å²) in [7, 11) is -0.625. The largest absolute Gasteiger partial charge is 0.444 e. The second-order valence-electron chi connectivity index (χ2n) is 11.6. The van der Waals surface area contributed by atoms with E-state index in [1.165, 1.54) is 0 Å². The van der Waals surface area contributed by atoms with E-state index in [0.29, 0.717) is 36.0 Å². The first-order chi connectivity index (χ1) is 16.8. The van der Waals surface area contributed by atoms with Crippen molar-refractivity contribution in [3.63, 3.8) is 0 Å². The lowest BCUT2D eigenvalue weighted by atomic mass is 9.97. The summed E-state index contributed by atoms with van der Waals surface area (Å²) in [6.07, 6.45) is 10.1. The van der Waals surface area contributed by atoms with E-state index in [-0.39, 0.29) is 30.8 Å². The number of carbonyl (C=O) groups excluding carboxylic acids is 1. The number of aliphatic hydroxyl groups is 1. The zero-order valence-corrected chi connectivity index (χ0v) is 25.1. The first-order valence-corrected chi connectivity index (χ1v) is 16.5. The molecular weight excluding hydrogens is 595 g/mol. The summed E-state index contributed by atoms with van der Waals surface area (Å²) in [5.74, 6) is 1.75. The highest BCUT2D eigenvalue weighted by molar-refractivity contribution is 14.1. The lowest BCUT2D eigenvalue weighted by molar-refractivity contribution is 0.0492. The minimum absolute atomic E-state index is 0.0488. The SMILES string of the molecule is CC(C)(C)OC(=O)N[C@@H]1C[C@H]2CC[C@@H](C1)N2c1nc2c(nc1CO)c(I)nn2COCCS(C)(C)C. The average molecular weight is 635 g/mol. The van der Waals surface area contributed by atoms with Crippen LogP contribution in [0.1, 0.15) is 52.1 Å². The molecule has 0 unspecified atom stereocenters. The fraction of sp³-hybridized carbons (Fsp3) is 0.750. The second kappa shape index (κ2) is 10.8. The molecule has 0 spiro atoms. The maximum atomic E-state index is 12.3. The summed E-state index contributed by atoms with van der Waals surface area (Å²) in [5, 5.41) is 17.8. The first kappa shape index (κ1) is 27.6. The van der Waals surface area contributed by atoms with Crippen molar-refractivity contribution in [2.75, 3.05) is 36.0 Å². The Morgan fingerprint density at radius 2 is 1.86 bits per heavy atom. The number of piperidine rings is 1. The molecular formula is C24H39IN6O4S. The number of aliphatic hydroxyl groups excluding tert-OH is 1. The molecule has 2 aliphatic rings. The lowest BCUT2D eigenvalue weighted by Gasteiger charge is -2.40. The zero-order valence-electron chi connectivity index (χ0n) is 22.1. The summed E-state index contributed by atoms with van der Waals surface area (Å²) in [4.78, 5) is 24.4. The number of hydrogen-bond donors (Lipinski definition) is 2. The molecule has 0 radical (unpaired) electrons. The number of aromatic nitrogens is 4. The summed E-state index contributed by atoms with van der Waals surface area (Å²) in [6.45, 7) is 6.40. The predicted octanol–water partition coefficient (Wildman–Crippen LogP) is 3.62. The molecule has 36 heavy (non-hydrogen) atoms. The number of rotatable bonds is 8. The van der Waals surface area contributed by atoms with Crippen molar-refractivity contribution in [1.82, 2.24) is 25.1 Å². The topological polar surface area (TPSA) is 115 Å². The number of carbonyl (C=O) groups is 1. The van der Waals surface area contributed by atoms with Crippen LogP contribution in [0, 0.1) is 3.70 Å². The first-order valence-electron chi connectivity index (χ1n) is 12.4. The maximum Gasteiger partial charge on any atom is 0.407 e. The number of ether oxygens (including phenoxy) is 2. The van der Waals surface area contributed by atoms with Crippen molar-refractivity contribution in [3.8, 4) is 0 Å².